The van der Waals surface area contributed by atoms with Crippen LogP contribution in [0.3, 0.4) is 0 Å². The molecule has 2 heterocycles. The number of para-hydroxylation sites is 1. The predicted molar refractivity (Wildman–Crippen MR) is 91.0 cm³/mol. The van der Waals surface area contributed by atoms with Crippen LogP contribution >= 0.6 is 0 Å². The summed E-state index contributed by atoms with van der Waals surface area (Å²) in [6.45, 7) is 3.52. The van der Waals surface area contributed by atoms with Crippen molar-refractivity contribution in [3.05, 3.63) is 60.0 Å². The molecule has 4 rings (SSSR count). The van der Waals surface area contributed by atoms with Gasteiger partial charge < -0.3 is 0 Å². The van der Waals surface area contributed by atoms with Crippen LogP contribution < -0.4 is 4.31 Å². The Morgan fingerprint density at radius 1 is 1.12 bits per heavy atom. The Hall–Kier alpha value is -2.74. The van der Waals surface area contributed by atoms with Crippen LogP contribution in [0.25, 0.3) is 11.3 Å². The average molecular weight is 358 g/mol. The molecule has 1 aliphatic rings. The minimum absolute atomic E-state index is 0.0189. The number of hydrogen-bond acceptors (Lipinski definition) is 4. The first-order chi connectivity index (χ1) is 11.9. The molecule has 0 saturated carbocycles. The summed E-state index contributed by atoms with van der Waals surface area (Å²) in [5.41, 5.74) is 1.98. The van der Waals surface area contributed by atoms with E-state index in [4.69, 9.17) is 0 Å². The monoisotopic (exact) mass is 358 g/mol. The Kier molecular flexibility index (Phi) is 3.40. The van der Waals surface area contributed by atoms with Crippen molar-refractivity contribution in [3.63, 3.8) is 0 Å². The normalized spacial score (nSPS) is 16.4. The van der Waals surface area contributed by atoms with Crippen molar-refractivity contribution in [1.82, 2.24) is 15.0 Å². The van der Waals surface area contributed by atoms with E-state index in [1.54, 1.807) is 25.1 Å². The van der Waals surface area contributed by atoms with Crippen molar-refractivity contribution in [3.8, 4) is 11.3 Å². The predicted octanol–water partition coefficient (Wildman–Crippen LogP) is 3.12. The number of benzene rings is 2. The van der Waals surface area contributed by atoms with Gasteiger partial charge in [-0.3, -0.25) is 0 Å². The van der Waals surface area contributed by atoms with Gasteiger partial charge in [0.25, 0.3) is 10.0 Å². The van der Waals surface area contributed by atoms with E-state index in [1.165, 1.54) is 35.1 Å². The summed E-state index contributed by atoms with van der Waals surface area (Å²) >= 11 is 0. The lowest BCUT2D eigenvalue weighted by Crippen LogP contribution is -2.40. The van der Waals surface area contributed by atoms with Crippen LogP contribution in [0.5, 0.6) is 0 Å². The van der Waals surface area contributed by atoms with Crippen molar-refractivity contribution in [2.24, 2.45) is 0 Å². The lowest BCUT2D eigenvalue weighted by molar-refractivity contribution is 0.472. The number of nitrogens with zero attached hydrogens (tertiary/aromatic N) is 4. The quantitative estimate of drug-likeness (QED) is 0.706. The van der Waals surface area contributed by atoms with E-state index in [-0.39, 0.29) is 10.6 Å². The number of hydrogen-bond donors (Lipinski definition) is 0. The van der Waals surface area contributed by atoms with Crippen molar-refractivity contribution in [2.45, 2.75) is 24.9 Å². The van der Waals surface area contributed by atoms with Crippen molar-refractivity contribution < 1.29 is 12.8 Å². The number of aryl methyl sites for hydroxylation is 1. The summed E-state index contributed by atoms with van der Waals surface area (Å²) in [6, 6.07) is 10.9. The maximum Gasteiger partial charge on any atom is 0.266 e. The summed E-state index contributed by atoms with van der Waals surface area (Å²) in [6.07, 6.45) is 0.762. The SMILES string of the molecule is Cc1ccc(S(=O)(=O)N2c3c(F)cccc3-c3cnnn3C2C)cc1. The van der Waals surface area contributed by atoms with Gasteiger partial charge in [0, 0.05) is 5.56 Å². The third kappa shape index (κ3) is 2.25. The lowest BCUT2D eigenvalue weighted by Gasteiger charge is -2.36. The van der Waals surface area contributed by atoms with Crippen molar-refractivity contribution >= 4 is 15.7 Å². The first kappa shape index (κ1) is 15.8. The van der Waals surface area contributed by atoms with Crippen LogP contribution in [-0.4, -0.2) is 23.4 Å². The maximum atomic E-state index is 14.6. The van der Waals surface area contributed by atoms with Gasteiger partial charge in [0.2, 0.25) is 0 Å². The van der Waals surface area contributed by atoms with E-state index in [1.807, 2.05) is 6.92 Å². The molecular weight excluding hydrogens is 343 g/mol. The lowest BCUT2D eigenvalue weighted by atomic mass is 10.1. The molecule has 8 heteroatoms. The van der Waals surface area contributed by atoms with Gasteiger partial charge in [-0.15, -0.1) is 5.10 Å². The van der Waals surface area contributed by atoms with Gasteiger partial charge >= 0.3 is 0 Å². The molecule has 0 amide bonds. The van der Waals surface area contributed by atoms with Crippen LogP contribution in [0.2, 0.25) is 0 Å². The molecule has 6 nitrogen and oxygen atoms in total. The number of aromatic nitrogens is 3. The summed E-state index contributed by atoms with van der Waals surface area (Å²) in [5, 5.41) is 7.83. The summed E-state index contributed by atoms with van der Waals surface area (Å²) < 4.78 is 43.7. The Bertz CT molecular complexity index is 1060. The van der Waals surface area contributed by atoms with Crippen LogP contribution in [-0.2, 0) is 10.0 Å². The molecule has 25 heavy (non-hydrogen) atoms. The standard InChI is InChI=1S/C17H15FN4O2S/c1-11-6-8-13(9-7-11)25(23,24)22-12(2)21-16(10-19-20-21)14-4-3-5-15(18)17(14)22/h3-10,12H,1-2H3. The molecule has 1 aliphatic heterocycles. The van der Waals surface area contributed by atoms with E-state index >= 15 is 0 Å². The Morgan fingerprint density at radius 2 is 1.84 bits per heavy atom. The molecule has 0 spiro atoms. The van der Waals surface area contributed by atoms with Gasteiger partial charge in [0.05, 0.1) is 22.5 Å². The van der Waals surface area contributed by atoms with Gasteiger partial charge in [-0.05, 0) is 32.0 Å². The highest BCUT2D eigenvalue weighted by Gasteiger charge is 2.39. The minimum Gasteiger partial charge on any atom is -0.239 e. The third-order valence-electron chi connectivity index (χ3n) is 4.33. The second-order valence-corrected chi connectivity index (χ2v) is 7.76. The molecule has 3 aromatic rings. The van der Waals surface area contributed by atoms with Crippen LogP contribution in [0.1, 0.15) is 18.7 Å². The van der Waals surface area contributed by atoms with Gasteiger partial charge in [-0.2, -0.15) is 0 Å². The minimum atomic E-state index is -3.98. The van der Waals surface area contributed by atoms with E-state index in [2.05, 4.69) is 10.3 Å². The van der Waals surface area contributed by atoms with Gasteiger partial charge in [0.1, 0.15) is 12.0 Å². The van der Waals surface area contributed by atoms with E-state index in [9.17, 15) is 12.8 Å². The third-order valence-corrected chi connectivity index (χ3v) is 6.20. The number of fused-ring (bicyclic) bond motifs is 3. The molecule has 2 aromatic carbocycles. The number of rotatable bonds is 2. The Labute approximate surface area is 144 Å². The molecule has 1 unspecified atom stereocenters. The molecule has 128 valence electrons. The van der Waals surface area contributed by atoms with Crippen LogP contribution in [0.15, 0.2) is 53.6 Å². The molecule has 0 bridgehead atoms. The largest absolute Gasteiger partial charge is 0.266 e. The molecule has 1 aromatic heterocycles. The van der Waals surface area contributed by atoms with Crippen molar-refractivity contribution in [2.75, 3.05) is 4.31 Å². The molecule has 1 atom stereocenters. The summed E-state index contributed by atoms with van der Waals surface area (Å²) in [7, 11) is -3.98. The molecule has 0 fully saturated rings. The second-order valence-electron chi connectivity index (χ2n) is 5.95. The fourth-order valence-electron chi connectivity index (χ4n) is 3.09. The van der Waals surface area contributed by atoms with Crippen molar-refractivity contribution in [1.29, 1.82) is 0 Å². The van der Waals surface area contributed by atoms with Gasteiger partial charge in [-0.1, -0.05) is 35.0 Å². The first-order valence-corrected chi connectivity index (χ1v) is 9.15. The summed E-state index contributed by atoms with van der Waals surface area (Å²) in [4.78, 5) is 0.0997. The van der Waals surface area contributed by atoms with E-state index < -0.39 is 22.0 Å². The van der Waals surface area contributed by atoms with Crippen LogP contribution in [0.4, 0.5) is 10.1 Å². The van der Waals surface area contributed by atoms with Gasteiger partial charge in [0.15, 0.2) is 0 Å². The smallest absolute Gasteiger partial charge is 0.239 e. The Morgan fingerprint density at radius 3 is 2.56 bits per heavy atom. The maximum absolute atomic E-state index is 14.6. The molecule has 0 saturated heterocycles. The topological polar surface area (TPSA) is 68.1 Å². The second kappa shape index (κ2) is 5.38. The highest BCUT2D eigenvalue weighted by atomic mass is 32.2. The van der Waals surface area contributed by atoms with Crippen LogP contribution in [0, 0.1) is 12.7 Å². The number of anilines is 1. The highest BCUT2D eigenvalue weighted by molar-refractivity contribution is 7.92. The van der Waals surface area contributed by atoms with E-state index in [0.29, 0.717) is 11.3 Å². The zero-order valence-corrected chi connectivity index (χ0v) is 14.4. The first-order valence-electron chi connectivity index (χ1n) is 7.71. The van der Waals surface area contributed by atoms with Gasteiger partial charge in [-0.25, -0.2) is 21.8 Å². The fraction of sp³-hybridized carbons (Fsp3) is 0.176. The molecule has 0 radical (unpaired) electrons. The van der Waals surface area contributed by atoms with E-state index in [0.717, 1.165) is 9.87 Å². The zero-order chi connectivity index (χ0) is 17.8. The summed E-state index contributed by atoms with van der Waals surface area (Å²) in [5.74, 6) is -0.604. The Balaban J connectivity index is 1.98. The fourth-order valence-corrected chi connectivity index (χ4v) is 4.71. The molecule has 0 N–H and O–H groups in total. The molecular formula is C17H15FN4O2S. The molecule has 0 aliphatic carbocycles. The number of sulfonamides is 1. The number of halogens is 1. The zero-order valence-electron chi connectivity index (χ0n) is 13.6. The average Bonchev–Trinajstić information content (AvgIpc) is 3.06. The highest BCUT2D eigenvalue weighted by Crippen LogP contribution is 2.44.